The van der Waals surface area contributed by atoms with E-state index in [0.29, 0.717) is 12.3 Å². The molecule has 124 valence electrons. The van der Waals surface area contributed by atoms with Crippen molar-refractivity contribution in [1.29, 1.82) is 0 Å². The quantitative estimate of drug-likeness (QED) is 0.886. The van der Waals surface area contributed by atoms with Gasteiger partial charge >= 0.3 is 0 Å². The van der Waals surface area contributed by atoms with Crippen molar-refractivity contribution in [1.82, 2.24) is 10.2 Å². The van der Waals surface area contributed by atoms with Crippen LogP contribution < -0.4 is 19.7 Å². The van der Waals surface area contributed by atoms with Crippen LogP contribution in [0, 0.1) is 0 Å². The number of halogens is 2. The summed E-state index contributed by atoms with van der Waals surface area (Å²) < 4.78 is 10.6. The molecule has 0 spiro atoms. The number of nitrogens with zero attached hydrogens (tertiary/aromatic N) is 2. The Kier molecular flexibility index (Phi) is 7.22. The number of hydrogen-bond donors (Lipinski definition) is 1. The van der Waals surface area contributed by atoms with Gasteiger partial charge in [-0.2, -0.15) is 0 Å². The second kappa shape index (κ2) is 8.43. The van der Waals surface area contributed by atoms with Crippen molar-refractivity contribution in [2.75, 3.05) is 51.5 Å². The zero-order chi connectivity index (χ0) is 13.9. The van der Waals surface area contributed by atoms with Crippen molar-refractivity contribution in [2.24, 2.45) is 0 Å². The van der Waals surface area contributed by atoms with Gasteiger partial charge in [0.05, 0.1) is 6.54 Å². The largest absolute Gasteiger partial charge is 0.454 e. The van der Waals surface area contributed by atoms with E-state index in [4.69, 9.17) is 9.47 Å². The molecule has 0 radical (unpaired) electrons. The number of hydrogen-bond acceptors (Lipinski definition) is 5. The van der Waals surface area contributed by atoms with E-state index in [1.807, 2.05) is 18.2 Å². The average molecular weight is 350 g/mol. The molecule has 0 atom stereocenters. The van der Waals surface area contributed by atoms with E-state index in [9.17, 15) is 4.79 Å². The van der Waals surface area contributed by atoms with Crippen LogP contribution >= 0.6 is 24.8 Å². The third-order valence-corrected chi connectivity index (χ3v) is 3.69. The highest BCUT2D eigenvalue weighted by atomic mass is 35.5. The van der Waals surface area contributed by atoms with Crippen molar-refractivity contribution in [3.8, 4) is 11.5 Å². The van der Waals surface area contributed by atoms with Gasteiger partial charge in [-0.15, -0.1) is 24.8 Å². The summed E-state index contributed by atoms with van der Waals surface area (Å²) in [7, 11) is 1.79. The van der Waals surface area contributed by atoms with Crippen molar-refractivity contribution in [3.05, 3.63) is 18.2 Å². The monoisotopic (exact) mass is 349 g/mol. The highest BCUT2D eigenvalue weighted by molar-refractivity contribution is 5.94. The zero-order valence-electron chi connectivity index (χ0n) is 12.4. The molecule has 1 aromatic carbocycles. The van der Waals surface area contributed by atoms with Crippen LogP contribution in [0.1, 0.15) is 0 Å². The summed E-state index contributed by atoms with van der Waals surface area (Å²) in [6.45, 7) is 4.42. The van der Waals surface area contributed by atoms with Crippen molar-refractivity contribution in [3.63, 3.8) is 0 Å². The topological polar surface area (TPSA) is 54.0 Å². The minimum atomic E-state index is 0. The summed E-state index contributed by atoms with van der Waals surface area (Å²) >= 11 is 0. The van der Waals surface area contributed by atoms with Gasteiger partial charge in [0.1, 0.15) is 0 Å². The summed E-state index contributed by atoms with van der Waals surface area (Å²) in [5, 5.41) is 3.28. The Balaban J connectivity index is 0.00000121. The standard InChI is InChI=1S/C14H19N3O3.2ClH/c1-16(14(18)9-17-6-4-15-5-7-17)11-2-3-12-13(8-11)20-10-19-12;;/h2-3,8,15H,4-7,9-10H2,1H3;2*1H. The van der Waals surface area contributed by atoms with Gasteiger partial charge in [0.15, 0.2) is 11.5 Å². The van der Waals surface area contributed by atoms with Crippen LogP contribution in [0.5, 0.6) is 11.5 Å². The fourth-order valence-corrected chi connectivity index (χ4v) is 2.40. The molecule has 0 aliphatic carbocycles. The third kappa shape index (κ3) is 4.16. The molecule has 0 saturated carbocycles. The number of fused-ring (bicyclic) bond motifs is 1. The summed E-state index contributed by atoms with van der Waals surface area (Å²) in [5.74, 6) is 1.52. The number of rotatable bonds is 3. The summed E-state index contributed by atoms with van der Waals surface area (Å²) in [6, 6.07) is 5.56. The van der Waals surface area contributed by atoms with Gasteiger partial charge in [-0.3, -0.25) is 9.69 Å². The molecule has 3 rings (SSSR count). The van der Waals surface area contributed by atoms with E-state index in [2.05, 4.69) is 10.2 Å². The van der Waals surface area contributed by atoms with Crippen LogP contribution in [0.4, 0.5) is 5.69 Å². The molecule has 1 N–H and O–H groups in total. The number of likely N-dealkylation sites (N-methyl/N-ethyl adjacent to an activating group) is 1. The van der Waals surface area contributed by atoms with Gasteiger partial charge in [-0.1, -0.05) is 0 Å². The minimum Gasteiger partial charge on any atom is -0.454 e. The first kappa shape index (κ1) is 18.8. The van der Waals surface area contributed by atoms with E-state index in [0.717, 1.165) is 37.6 Å². The number of nitrogens with one attached hydrogen (secondary N) is 1. The van der Waals surface area contributed by atoms with Gasteiger partial charge < -0.3 is 19.7 Å². The SMILES string of the molecule is CN(C(=O)CN1CCNCC1)c1ccc2c(c1)OCO2.Cl.Cl. The Labute approximate surface area is 142 Å². The van der Waals surface area contributed by atoms with E-state index < -0.39 is 0 Å². The zero-order valence-corrected chi connectivity index (χ0v) is 14.0. The predicted molar refractivity (Wildman–Crippen MR) is 89.8 cm³/mol. The molecule has 2 heterocycles. The lowest BCUT2D eigenvalue weighted by Crippen LogP contribution is -2.47. The van der Waals surface area contributed by atoms with E-state index in [1.54, 1.807) is 11.9 Å². The molecule has 1 fully saturated rings. The Morgan fingerprint density at radius 1 is 1.23 bits per heavy atom. The van der Waals surface area contributed by atoms with Crippen molar-refractivity contribution >= 4 is 36.4 Å². The Morgan fingerprint density at radius 2 is 1.91 bits per heavy atom. The van der Waals surface area contributed by atoms with E-state index in [1.165, 1.54) is 0 Å². The van der Waals surface area contributed by atoms with Crippen molar-refractivity contribution in [2.45, 2.75) is 0 Å². The highest BCUT2D eigenvalue weighted by Crippen LogP contribution is 2.35. The third-order valence-electron chi connectivity index (χ3n) is 3.69. The lowest BCUT2D eigenvalue weighted by atomic mass is 10.2. The number of amides is 1. The molecule has 0 bridgehead atoms. The van der Waals surface area contributed by atoms with Crippen molar-refractivity contribution < 1.29 is 14.3 Å². The lowest BCUT2D eigenvalue weighted by molar-refractivity contribution is -0.119. The number of anilines is 1. The summed E-state index contributed by atoms with van der Waals surface area (Å²) in [5.41, 5.74) is 0.828. The van der Waals surface area contributed by atoms with Crippen LogP contribution in [0.2, 0.25) is 0 Å². The molecule has 22 heavy (non-hydrogen) atoms. The van der Waals surface area contributed by atoms with E-state index in [-0.39, 0.29) is 37.5 Å². The Bertz CT molecular complexity index is 510. The van der Waals surface area contributed by atoms with Gasteiger partial charge in [-0.25, -0.2) is 0 Å². The van der Waals surface area contributed by atoms with Crippen LogP contribution in [0.3, 0.4) is 0 Å². The molecular formula is C14H21Cl2N3O3. The van der Waals surface area contributed by atoms with Crippen LogP contribution in [-0.4, -0.2) is 57.4 Å². The number of benzene rings is 1. The lowest BCUT2D eigenvalue weighted by Gasteiger charge is -2.28. The van der Waals surface area contributed by atoms with Crippen LogP contribution in [-0.2, 0) is 4.79 Å². The smallest absolute Gasteiger partial charge is 0.240 e. The molecular weight excluding hydrogens is 329 g/mol. The summed E-state index contributed by atoms with van der Waals surface area (Å²) in [4.78, 5) is 16.1. The molecule has 1 aromatic rings. The first-order chi connectivity index (χ1) is 9.74. The highest BCUT2D eigenvalue weighted by Gasteiger charge is 2.20. The van der Waals surface area contributed by atoms with Gasteiger partial charge in [0.25, 0.3) is 0 Å². The molecule has 2 aliphatic heterocycles. The second-order valence-corrected chi connectivity index (χ2v) is 5.02. The fraction of sp³-hybridized carbons (Fsp3) is 0.500. The number of carbonyl (C=O) groups is 1. The molecule has 8 heteroatoms. The fourth-order valence-electron chi connectivity index (χ4n) is 2.40. The Hall–Kier alpha value is -1.21. The molecule has 6 nitrogen and oxygen atoms in total. The van der Waals surface area contributed by atoms with E-state index >= 15 is 0 Å². The van der Waals surface area contributed by atoms with Gasteiger partial charge in [-0.05, 0) is 12.1 Å². The van der Waals surface area contributed by atoms with Crippen LogP contribution in [0.15, 0.2) is 18.2 Å². The number of ether oxygens (including phenoxy) is 2. The van der Waals surface area contributed by atoms with Gasteiger partial charge in [0.2, 0.25) is 12.7 Å². The summed E-state index contributed by atoms with van der Waals surface area (Å²) in [6.07, 6.45) is 0. The Morgan fingerprint density at radius 3 is 2.64 bits per heavy atom. The molecule has 1 amide bonds. The first-order valence-electron chi connectivity index (χ1n) is 6.83. The number of piperazine rings is 1. The second-order valence-electron chi connectivity index (χ2n) is 5.02. The van der Waals surface area contributed by atoms with Crippen LogP contribution in [0.25, 0.3) is 0 Å². The molecule has 1 saturated heterocycles. The first-order valence-corrected chi connectivity index (χ1v) is 6.83. The maximum Gasteiger partial charge on any atom is 0.240 e. The number of carbonyl (C=O) groups excluding carboxylic acids is 1. The molecule has 2 aliphatic rings. The molecule has 0 aromatic heterocycles. The predicted octanol–water partition coefficient (Wildman–Crippen LogP) is 1.13. The normalized spacial score (nSPS) is 16.4. The average Bonchev–Trinajstić information content (AvgIpc) is 2.94. The molecule has 0 unspecified atom stereocenters. The maximum absolute atomic E-state index is 12.3. The van der Waals surface area contributed by atoms with Gasteiger partial charge in [0, 0.05) is 45.0 Å². The maximum atomic E-state index is 12.3. The minimum absolute atomic E-state index is 0.